The largest absolute Gasteiger partial charge is 0.486 e. The van der Waals surface area contributed by atoms with Gasteiger partial charge in [0.2, 0.25) is 0 Å². The van der Waals surface area contributed by atoms with Crippen LogP contribution in [0.4, 0.5) is 5.69 Å². The highest BCUT2D eigenvalue weighted by Gasteiger charge is 2.15. The maximum Gasteiger partial charge on any atom is 0.335 e. The molecule has 0 saturated heterocycles. The number of anilines is 1. The molecule has 5 heteroatoms. The number of ether oxygens (including phenoxy) is 2. The number of nitrogens with one attached hydrogen (secondary N) is 1. The molecule has 2 aromatic rings. The zero-order chi connectivity index (χ0) is 14.7. The Hall–Kier alpha value is -2.69. The van der Waals surface area contributed by atoms with Crippen molar-refractivity contribution in [3.05, 3.63) is 53.6 Å². The lowest BCUT2D eigenvalue weighted by Crippen LogP contribution is -2.17. The van der Waals surface area contributed by atoms with Crippen molar-refractivity contribution in [1.29, 1.82) is 0 Å². The monoisotopic (exact) mass is 285 g/mol. The number of benzene rings is 2. The molecule has 0 atom stereocenters. The SMILES string of the molecule is O=C(O)c1ccc(NCc2cccc3c2OCCO3)cc1. The molecule has 0 radical (unpaired) electrons. The molecule has 0 unspecified atom stereocenters. The minimum atomic E-state index is -0.927. The van der Waals surface area contributed by atoms with E-state index in [0.29, 0.717) is 19.8 Å². The molecule has 3 rings (SSSR count). The lowest BCUT2D eigenvalue weighted by molar-refractivity contribution is 0.0697. The topological polar surface area (TPSA) is 67.8 Å². The fourth-order valence-electron chi connectivity index (χ4n) is 2.20. The number of hydrogen-bond acceptors (Lipinski definition) is 4. The van der Waals surface area contributed by atoms with Crippen LogP contribution in [0, 0.1) is 0 Å². The maximum atomic E-state index is 10.8. The number of hydrogen-bond donors (Lipinski definition) is 2. The maximum absolute atomic E-state index is 10.8. The molecule has 5 nitrogen and oxygen atoms in total. The molecule has 0 amide bonds. The second-order valence-corrected chi connectivity index (χ2v) is 4.68. The summed E-state index contributed by atoms with van der Waals surface area (Å²) in [7, 11) is 0. The Balaban J connectivity index is 1.71. The molecule has 1 heterocycles. The van der Waals surface area contributed by atoms with E-state index in [-0.39, 0.29) is 5.56 Å². The molecule has 0 saturated carbocycles. The van der Waals surface area contributed by atoms with E-state index in [0.717, 1.165) is 22.7 Å². The summed E-state index contributed by atoms with van der Waals surface area (Å²) in [6.07, 6.45) is 0. The first kappa shape index (κ1) is 13.3. The molecule has 0 bridgehead atoms. The first-order valence-corrected chi connectivity index (χ1v) is 6.69. The van der Waals surface area contributed by atoms with Crippen LogP contribution >= 0.6 is 0 Å². The van der Waals surface area contributed by atoms with Crippen molar-refractivity contribution in [2.24, 2.45) is 0 Å². The number of carboxylic acids is 1. The van der Waals surface area contributed by atoms with Gasteiger partial charge in [-0.2, -0.15) is 0 Å². The molecule has 2 N–H and O–H groups in total. The molecular weight excluding hydrogens is 270 g/mol. The third kappa shape index (κ3) is 2.91. The summed E-state index contributed by atoms with van der Waals surface area (Å²) in [5.74, 6) is 0.615. The third-order valence-electron chi connectivity index (χ3n) is 3.26. The fraction of sp³-hybridized carbons (Fsp3) is 0.188. The fourth-order valence-corrected chi connectivity index (χ4v) is 2.20. The van der Waals surface area contributed by atoms with Gasteiger partial charge in [-0.25, -0.2) is 4.79 Å². The summed E-state index contributed by atoms with van der Waals surface area (Å²) in [6, 6.07) is 12.4. The van der Waals surface area contributed by atoms with Crippen molar-refractivity contribution in [2.75, 3.05) is 18.5 Å². The van der Waals surface area contributed by atoms with Gasteiger partial charge in [-0.15, -0.1) is 0 Å². The average molecular weight is 285 g/mol. The zero-order valence-corrected chi connectivity index (χ0v) is 11.3. The smallest absolute Gasteiger partial charge is 0.335 e. The van der Waals surface area contributed by atoms with Crippen LogP contribution in [-0.2, 0) is 6.54 Å². The Morgan fingerprint density at radius 1 is 1.10 bits per heavy atom. The summed E-state index contributed by atoms with van der Waals surface area (Å²) in [5, 5.41) is 12.1. The van der Waals surface area contributed by atoms with Crippen LogP contribution in [-0.4, -0.2) is 24.3 Å². The van der Waals surface area contributed by atoms with Gasteiger partial charge >= 0.3 is 5.97 Å². The lowest BCUT2D eigenvalue weighted by Gasteiger charge is -2.21. The Morgan fingerprint density at radius 2 is 1.86 bits per heavy atom. The highest BCUT2D eigenvalue weighted by atomic mass is 16.6. The van der Waals surface area contributed by atoms with Crippen LogP contribution in [0.25, 0.3) is 0 Å². The number of para-hydroxylation sites is 1. The van der Waals surface area contributed by atoms with Crippen LogP contribution in [0.3, 0.4) is 0 Å². The van der Waals surface area contributed by atoms with Crippen LogP contribution in [0.5, 0.6) is 11.5 Å². The Morgan fingerprint density at radius 3 is 2.62 bits per heavy atom. The van der Waals surface area contributed by atoms with E-state index in [1.54, 1.807) is 24.3 Å². The van der Waals surface area contributed by atoms with Crippen molar-refractivity contribution in [3.8, 4) is 11.5 Å². The van der Waals surface area contributed by atoms with Gasteiger partial charge in [0, 0.05) is 17.8 Å². The molecule has 108 valence electrons. The second kappa shape index (κ2) is 5.75. The van der Waals surface area contributed by atoms with Crippen LogP contribution < -0.4 is 14.8 Å². The normalized spacial score (nSPS) is 12.8. The number of carboxylic acid groups (broad SMARTS) is 1. The molecule has 0 aliphatic carbocycles. The summed E-state index contributed by atoms with van der Waals surface area (Å²) in [6.45, 7) is 1.71. The zero-order valence-electron chi connectivity index (χ0n) is 11.3. The summed E-state index contributed by atoms with van der Waals surface area (Å²) < 4.78 is 11.2. The predicted octanol–water partition coefficient (Wildman–Crippen LogP) is 2.77. The molecule has 1 aliphatic rings. The minimum absolute atomic E-state index is 0.273. The van der Waals surface area contributed by atoms with Crippen molar-refractivity contribution in [1.82, 2.24) is 0 Å². The standard InChI is InChI=1S/C16H15NO4/c18-16(19)11-4-6-13(7-5-11)17-10-12-2-1-3-14-15(12)21-9-8-20-14/h1-7,17H,8-10H2,(H,18,19). The number of rotatable bonds is 4. The van der Waals surface area contributed by atoms with Crippen LogP contribution in [0.1, 0.15) is 15.9 Å². The van der Waals surface area contributed by atoms with E-state index in [1.165, 1.54) is 0 Å². The first-order valence-electron chi connectivity index (χ1n) is 6.69. The van der Waals surface area contributed by atoms with E-state index in [4.69, 9.17) is 14.6 Å². The number of fused-ring (bicyclic) bond motifs is 1. The van der Waals surface area contributed by atoms with E-state index < -0.39 is 5.97 Å². The van der Waals surface area contributed by atoms with Gasteiger partial charge in [0.1, 0.15) is 13.2 Å². The van der Waals surface area contributed by atoms with Gasteiger partial charge in [-0.1, -0.05) is 12.1 Å². The van der Waals surface area contributed by atoms with Gasteiger partial charge in [-0.05, 0) is 30.3 Å². The molecule has 0 fully saturated rings. The molecule has 21 heavy (non-hydrogen) atoms. The van der Waals surface area contributed by atoms with Crippen molar-refractivity contribution >= 4 is 11.7 Å². The highest BCUT2D eigenvalue weighted by molar-refractivity contribution is 5.88. The average Bonchev–Trinajstić information content (AvgIpc) is 2.53. The van der Waals surface area contributed by atoms with E-state index in [9.17, 15) is 4.79 Å². The van der Waals surface area contributed by atoms with Crippen molar-refractivity contribution in [2.45, 2.75) is 6.54 Å². The number of aromatic carboxylic acids is 1. The Kier molecular flexibility index (Phi) is 3.64. The number of carbonyl (C=O) groups is 1. The van der Waals surface area contributed by atoms with Gasteiger partial charge in [0.25, 0.3) is 0 Å². The summed E-state index contributed by atoms with van der Waals surface area (Å²) in [5.41, 5.74) is 2.14. The highest BCUT2D eigenvalue weighted by Crippen LogP contribution is 2.33. The van der Waals surface area contributed by atoms with Gasteiger partial charge in [-0.3, -0.25) is 0 Å². The minimum Gasteiger partial charge on any atom is -0.486 e. The van der Waals surface area contributed by atoms with Crippen LogP contribution in [0.2, 0.25) is 0 Å². The molecule has 0 aromatic heterocycles. The predicted molar refractivity (Wildman–Crippen MR) is 78.2 cm³/mol. The molecular formula is C16H15NO4. The lowest BCUT2D eigenvalue weighted by atomic mass is 10.1. The quantitative estimate of drug-likeness (QED) is 0.904. The second-order valence-electron chi connectivity index (χ2n) is 4.68. The van der Waals surface area contributed by atoms with E-state index >= 15 is 0 Å². The molecule has 0 spiro atoms. The van der Waals surface area contributed by atoms with Gasteiger partial charge in [0.05, 0.1) is 5.56 Å². The van der Waals surface area contributed by atoms with Crippen molar-refractivity contribution < 1.29 is 19.4 Å². The van der Waals surface area contributed by atoms with E-state index in [2.05, 4.69) is 5.32 Å². The summed E-state index contributed by atoms with van der Waals surface area (Å²) >= 11 is 0. The third-order valence-corrected chi connectivity index (χ3v) is 3.26. The van der Waals surface area contributed by atoms with E-state index in [1.807, 2.05) is 18.2 Å². The van der Waals surface area contributed by atoms with Gasteiger partial charge in [0.15, 0.2) is 11.5 Å². The van der Waals surface area contributed by atoms with Crippen LogP contribution in [0.15, 0.2) is 42.5 Å². The van der Waals surface area contributed by atoms with Crippen molar-refractivity contribution in [3.63, 3.8) is 0 Å². The molecule has 1 aliphatic heterocycles. The molecule has 2 aromatic carbocycles. The first-order chi connectivity index (χ1) is 10.2. The summed E-state index contributed by atoms with van der Waals surface area (Å²) in [4.78, 5) is 10.8. The Labute approximate surface area is 122 Å². The van der Waals surface area contributed by atoms with Gasteiger partial charge < -0.3 is 19.9 Å². The Bertz CT molecular complexity index is 652.